The Kier molecular flexibility index (Phi) is 2.22. The maximum Gasteiger partial charge on any atom is 0.416 e. The molecule has 0 saturated carbocycles. The van der Waals surface area contributed by atoms with Gasteiger partial charge in [-0.25, -0.2) is 4.98 Å². The molecule has 0 radical (unpaired) electrons. The molecule has 1 heterocycles. The monoisotopic (exact) mass is 228 g/mol. The van der Waals surface area contributed by atoms with Gasteiger partial charge in [0.25, 0.3) is 0 Å². The fraction of sp³-hybridized carbons (Fsp3) is 0.200. The van der Waals surface area contributed by atoms with E-state index in [2.05, 4.69) is 4.98 Å². The number of hydrogen-bond donors (Lipinski definition) is 0. The summed E-state index contributed by atoms with van der Waals surface area (Å²) in [6, 6.07) is 3.11. The van der Waals surface area contributed by atoms with Crippen molar-refractivity contribution in [1.29, 1.82) is 0 Å². The van der Waals surface area contributed by atoms with Gasteiger partial charge in [0.1, 0.15) is 6.33 Å². The molecule has 2 aromatic rings. The van der Waals surface area contributed by atoms with E-state index in [9.17, 15) is 18.0 Å². The van der Waals surface area contributed by atoms with Crippen molar-refractivity contribution in [2.45, 2.75) is 13.1 Å². The van der Waals surface area contributed by atoms with Gasteiger partial charge >= 0.3 is 6.18 Å². The Morgan fingerprint density at radius 2 is 2.06 bits per heavy atom. The number of rotatable bonds is 0. The van der Waals surface area contributed by atoms with Crippen LogP contribution in [0, 0.1) is 0 Å². The summed E-state index contributed by atoms with van der Waals surface area (Å²) < 4.78 is 38.4. The second kappa shape index (κ2) is 3.33. The molecule has 2 rings (SSSR count). The van der Waals surface area contributed by atoms with Gasteiger partial charge in [-0.1, -0.05) is 0 Å². The molecule has 1 aromatic carbocycles. The van der Waals surface area contributed by atoms with Crippen molar-refractivity contribution in [3.8, 4) is 0 Å². The normalized spacial score (nSPS) is 12.0. The third-order valence-corrected chi connectivity index (χ3v) is 2.21. The number of imidazole rings is 1. The zero-order chi connectivity index (χ0) is 11.9. The lowest BCUT2D eigenvalue weighted by Crippen LogP contribution is -2.07. The van der Waals surface area contributed by atoms with Gasteiger partial charge in [-0.15, -0.1) is 0 Å². The number of aromatic nitrogens is 2. The lowest BCUT2D eigenvalue weighted by Gasteiger charge is -2.06. The van der Waals surface area contributed by atoms with E-state index in [1.807, 2.05) is 0 Å². The van der Waals surface area contributed by atoms with Crippen LogP contribution in [0.25, 0.3) is 11.0 Å². The van der Waals surface area contributed by atoms with Crippen LogP contribution in [-0.2, 0) is 6.18 Å². The summed E-state index contributed by atoms with van der Waals surface area (Å²) in [6.45, 7) is 1.27. The van der Waals surface area contributed by atoms with Crippen LogP contribution in [0.4, 0.5) is 13.2 Å². The van der Waals surface area contributed by atoms with Crippen LogP contribution in [-0.4, -0.2) is 15.5 Å². The molecule has 0 saturated heterocycles. The van der Waals surface area contributed by atoms with Crippen molar-refractivity contribution in [1.82, 2.24) is 9.55 Å². The molecule has 3 nitrogen and oxygen atoms in total. The van der Waals surface area contributed by atoms with Crippen LogP contribution in [0.5, 0.6) is 0 Å². The average Bonchev–Trinajstić information content (AvgIpc) is 2.58. The van der Waals surface area contributed by atoms with Gasteiger partial charge in [-0.2, -0.15) is 13.2 Å². The minimum Gasteiger partial charge on any atom is -0.274 e. The molecular formula is C10H7F3N2O. The van der Waals surface area contributed by atoms with Crippen molar-refractivity contribution in [2.75, 3.05) is 0 Å². The largest absolute Gasteiger partial charge is 0.416 e. The number of carbonyl (C=O) groups excluding carboxylic acids is 1. The van der Waals surface area contributed by atoms with Crippen LogP contribution < -0.4 is 0 Å². The Bertz CT molecular complexity index is 557. The molecule has 16 heavy (non-hydrogen) atoms. The van der Waals surface area contributed by atoms with Gasteiger partial charge in [-0.3, -0.25) is 9.36 Å². The minimum absolute atomic E-state index is 0.169. The molecule has 0 atom stereocenters. The first-order valence-corrected chi connectivity index (χ1v) is 4.45. The summed E-state index contributed by atoms with van der Waals surface area (Å²) in [6.07, 6.45) is -3.20. The predicted octanol–water partition coefficient (Wildman–Crippen LogP) is 2.72. The van der Waals surface area contributed by atoms with Gasteiger partial charge in [-0.05, 0) is 18.2 Å². The summed E-state index contributed by atoms with van der Waals surface area (Å²) in [7, 11) is 0. The molecule has 0 aliphatic carbocycles. The fourth-order valence-corrected chi connectivity index (χ4v) is 1.43. The van der Waals surface area contributed by atoms with Gasteiger partial charge in [0, 0.05) is 6.92 Å². The zero-order valence-corrected chi connectivity index (χ0v) is 8.25. The van der Waals surface area contributed by atoms with Crippen molar-refractivity contribution >= 4 is 16.9 Å². The molecule has 0 amide bonds. The number of halogens is 3. The molecule has 0 aliphatic heterocycles. The van der Waals surface area contributed by atoms with Crippen LogP contribution in [0.15, 0.2) is 24.5 Å². The van der Waals surface area contributed by atoms with Gasteiger partial charge in [0.15, 0.2) is 0 Å². The highest BCUT2D eigenvalue weighted by Gasteiger charge is 2.30. The summed E-state index contributed by atoms with van der Waals surface area (Å²) in [4.78, 5) is 15.0. The Labute approximate surface area is 88.5 Å². The Morgan fingerprint density at radius 1 is 1.38 bits per heavy atom. The van der Waals surface area contributed by atoms with Gasteiger partial charge < -0.3 is 0 Å². The first-order chi connectivity index (χ1) is 7.39. The van der Waals surface area contributed by atoms with E-state index >= 15 is 0 Å². The molecular weight excluding hydrogens is 221 g/mol. The molecule has 0 N–H and O–H groups in total. The third-order valence-electron chi connectivity index (χ3n) is 2.21. The van der Waals surface area contributed by atoms with Crippen molar-refractivity contribution in [3.63, 3.8) is 0 Å². The minimum atomic E-state index is -4.42. The van der Waals surface area contributed by atoms with E-state index in [0.29, 0.717) is 5.52 Å². The number of carbonyl (C=O) groups is 1. The van der Waals surface area contributed by atoms with E-state index in [1.165, 1.54) is 19.3 Å². The Hall–Kier alpha value is -1.85. The van der Waals surface area contributed by atoms with Crippen LogP contribution >= 0.6 is 0 Å². The number of hydrogen-bond acceptors (Lipinski definition) is 2. The molecule has 0 unspecified atom stereocenters. The van der Waals surface area contributed by atoms with E-state index in [-0.39, 0.29) is 11.4 Å². The Balaban J connectivity index is 2.68. The van der Waals surface area contributed by atoms with Gasteiger partial charge in [0.2, 0.25) is 5.91 Å². The number of alkyl halides is 3. The number of benzene rings is 1. The van der Waals surface area contributed by atoms with E-state index in [4.69, 9.17) is 0 Å². The molecule has 0 bridgehead atoms. The van der Waals surface area contributed by atoms with E-state index in [0.717, 1.165) is 16.7 Å². The number of nitrogens with zero attached hydrogens (tertiary/aromatic N) is 2. The molecule has 0 aliphatic rings. The second-order valence-electron chi connectivity index (χ2n) is 3.33. The standard InChI is InChI=1S/C10H7F3N2O/c1-6(16)15-5-14-8-3-2-7(4-9(8)15)10(11,12)13/h2-5H,1H3. The summed E-state index contributed by atoms with van der Waals surface area (Å²) in [5, 5.41) is 0. The second-order valence-corrected chi connectivity index (χ2v) is 3.33. The lowest BCUT2D eigenvalue weighted by atomic mass is 10.2. The third kappa shape index (κ3) is 1.66. The quantitative estimate of drug-likeness (QED) is 0.694. The van der Waals surface area contributed by atoms with E-state index < -0.39 is 11.7 Å². The molecule has 0 fully saturated rings. The molecule has 6 heteroatoms. The Morgan fingerprint density at radius 3 is 2.62 bits per heavy atom. The van der Waals surface area contributed by atoms with Crippen LogP contribution in [0.3, 0.4) is 0 Å². The van der Waals surface area contributed by atoms with E-state index in [1.54, 1.807) is 0 Å². The smallest absolute Gasteiger partial charge is 0.274 e. The van der Waals surface area contributed by atoms with Crippen LogP contribution in [0.1, 0.15) is 17.3 Å². The average molecular weight is 228 g/mol. The first-order valence-electron chi connectivity index (χ1n) is 4.45. The maximum atomic E-state index is 12.4. The lowest BCUT2D eigenvalue weighted by molar-refractivity contribution is -0.137. The number of fused-ring (bicyclic) bond motifs is 1. The van der Waals surface area contributed by atoms with Gasteiger partial charge in [0.05, 0.1) is 16.6 Å². The highest BCUT2D eigenvalue weighted by molar-refractivity contribution is 5.89. The highest BCUT2D eigenvalue weighted by Crippen LogP contribution is 2.31. The predicted molar refractivity (Wildman–Crippen MR) is 51.0 cm³/mol. The summed E-state index contributed by atoms with van der Waals surface area (Å²) in [5.74, 6) is -0.373. The summed E-state index contributed by atoms with van der Waals surface area (Å²) in [5.41, 5.74) is -0.256. The van der Waals surface area contributed by atoms with Crippen LogP contribution in [0.2, 0.25) is 0 Å². The maximum absolute atomic E-state index is 12.4. The fourth-order valence-electron chi connectivity index (χ4n) is 1.43. The van der Waals surface area contributed by atoms with Crippen molar-refractivity contribution in [3.05, 3.63) is 30.1 Å². The summed E-state index contributed by atoms with van der Waals surface area (Å²) >= 11 is 0. The molecule has 0 spiro atoms. The highest BCUT2D eigenvalue weighted by atomic mass is 19.4. The molecule has 1 aromatic heterocycles. The SMILES string of the molecule is CC(=O)n1cnc2ccc(C(F)(F)F)cc21. The van der Waals surface area contributed by atoms with Crippen molar-refractivity contribution < 1.29 is 18.0 Å². The first kappa shape index (κ1) is 10.7. The topological polar surface area (TPSA) is 34.9 Å². The molecule has 84 valence electrons. The zero-order valence-electron chi connectivity index (χ0n) is 8.25. The van der Waals surface area contributed by atoms with Crippen molar-refractivity contribution in [2.24, 2.45) is 0 Å².